The highest BCUT2D eigenvalue weighted by Gasteiger charge is 2.23. The smallest absolute Gasteiger partial charge is 0.123 e. The summed E-state index contributed by atoms with van der Waals surface area (Å²) >= 11 is 6.00. The third-order valence-corrected chi connectivity index (χ3v) is 4.00. The Morgan fingerprint density at radius 2 is 2.19 bits per heavy atom. The van der Waals surface area contributed by atoms with Crippen LogP contribution in [0.15, 0.2) is 42.5 Å². The van der Waals surface area contributed by atoms with E-state index < -0.39 is 0 Å². The second-order valence-electron chi connectivity index (χ2n) is 5.38. The summed E-state index contributed by atoms with van der Waals surface area (Å²) in [6.45, 7) is 2.80. The molecule has 0 aromatic heterocycles. The van der Waals surface area contributed by atoms with E-state index in [1.165, 1.54) is 6.07 Å². The minimum atomic E-state index is -0.210. The number of fused-ring (bicyclic) bond motifs is 1. The van der Waals surface area contributed by atoms with Gasteiger partial charge in [0.15, 0.2) is 0 Å². The molecule has 0 bridgehead atoms. The lowest BCUT2D eigenvalue weighted by Gasteiger charge is -2.18. The van der Waals surface area contributed by atoms with Crippen LogP contribution in [0, 0.1) is 5.82 Å². The van der Waals surface area contributed by atoms with Crippen molar-refractivity contribution in [1.29, 1.82) is 0 Å². The van der Waals surface area contributed by atoms with Crippen LogP contribution in [0.3, 0.4) is 0 Å². The Bertz CT molecular complexity index is 646. The van der Waals surface area contributed by atoms with Crippen LogP contribution in [-0.4, -0.2) is 12.6 Å². The van der Waals surface area contributed by atoms with Crippen molar-refractivity contribution in [2.24, 2.45) is 0 Å². The van der Waals surface area contributed by atoms with Crippen molar-refractivity contribution in [3.63, 3.8) is 0 Å². The zero-order chi connectivity index (χ0) is 14.8. The van der Waals surface area contributed by atoms with Crippen LogP contribution < -0.4 is 10.1 Å². The topological polar surface area (TPSA) is 21.3 Å². The van der Waals surface area contributed by atoms with Gasteiger partial charge in [-0.15, -0.1) is 0 Å². The molecule has 0 spiro atoms. The van der Waals surface area contributed by atoms with Crippen LogP contribution in [0.1, 0.15) is 24.1 Å². The van der Waals surface area contributed by atoms with Crippen molar-refractivity contribution < 1.29 is 9.13 Å². The maximum Gasteiger partial charge on any atom is 0.123 e. The van der Waals surface area contributed by atoms with E-state index in [4.69, 9.17) is 16.3 Å². The van der Waals surface area contributed by atoms with Gasteiger partial charge in [0, 0.05) is 29.6 Å². The second-order valence-corrected chi connectivity index (χ2v) is 5.82. The molecule has 0 radical (unpaired) electrons. The minimum Gasteiger partial charge on any atom is -0.488 e. The van der Waals surface area contributed by atoms with Gasteiger partial charge in [-0.2, -0.15) is 0 Å². The summed E-state index contributed by atoms with van der Waals surface area (Å²) in [4.78, 5) is 0. The summed E-state index contributed by atoms with van der Waals surface area (Å²) in [5.74, 6) is 0.580. The summed E-state index contributed by atoms with van der Waals surface area (Å²) in [5.41, 5.74) is 2.08. The molecule has 2 aromatic carbocycles. The highest BCUT2D eigenvalue weighted by molar-refractivity contribution is 6.30. The van der Waals surface area contributed by atoms with Crippen molar-refractivity contribution in [3.8, 4) is 5.75 Å². The number of halogens is 2. The molecule has 3 rings (SSSR count). The molecule has 4 heteroatoms. The molecule has 0 amide bonds. The van der Waals surface area contributed by atoms with Gasteiger partial charge in [-0.3, -0.25) is 0 Å². The predicted octanol–water partition coefficient (Wildman–Crippen LogP) is 4.13. The van der Waals surface area contributed by atoms with E-state index in [2.05, 4.69) is 12.2 Å². The van der Waals surface area contributed by atoms with E-state index in [0.29, 0.717) is 6.54 Å². The van der Waals surface area contributed by atoms with Gasteiger partial charge in [-0.1, -0.05) is 23.7 Å². The first-order valence-corrected chi connectivity index (χ1v) is 7.43. The lowest BCUT2D eigenvalue weighted by atomic mass is 10.1. The molecule has 0 saturated heterocycles. The molecule has 2 nitrogen and oxygen atoms in total. The molecule has 0 aliphatic carbocycles. The Morgan fingerprint density at radius 3 is 3.00 bits per heavy atom. The van der Waals surface area contributed by atoms with Crippen LogP contribution >= 0.6 is 11.6 Å². The van der Waals surface area contributed by atoms with Gasteiger partial charge >= 0.3 is 0 Å². The zero-order valence-electron chi connectivity index (χ0n) is 11.8. The lowest BCUT2D eigenvalue weighted by Crippen LogP contribution is -2.31. The molecule has 110 valence electrons. The number of ether oxygens (including phenoxy) is 1. The number of hydrogen-bond acceptors (Lipinski definition) is 2. The number of benzene rings is 2. The Kier molecular flexibility index (Phi) is 4.13. The van der Waals surface area contributed by atoms with E-state index in [-0.39, 0.29) is 18.0 Å². The van der Waals surface area contributed by atoms with Gasteiger partial charge in [0.25, 0.3) is 0 Å². The lowest BCUT2D eigenvalue weighted by molar-refractivity contribution is 0.222. The molecule has 1 unspecified atom stereocenters. The fraction of sp³-hybridized carbons (Fsp3) is 0.294. The summed E-state index contributed by atoms with van der Waals surface area (Å²) in [6, 6.07) is 12.7. The van der Waals surface area contributed by atoms with E-state index in [0.717, 1.165) is 28.3 Å². The van der Waals surface area contributed by atoms with Gasteiger partial charge in [0.05, 0.1) is 0 Å². The van der Waals surface area contributed by atoms with Crippen LogP contribution in [0.2, 0.25) is 5.02 Å². The van der Waals surface area contributed by atoms with E-state index in [1.54, 1.807) is 12.1 Å². The van der Waals surface area contributed by atoms with E-state index in [9.17, 15) is 4.39 Å². The summed E-state index contributed by atoms with van der Waals surface area (Å²) < 4.78 is 19.0. The Morgan fingerprint density at radius 1 is 1.33 bits per heavy atom. The monoisotopic (exact) mass is 305 g/mol. The summed E-state index contributed by atoms with van der Waals surface area (Å²) in [5, 5.41) is 4.18. The maximum absolute atomic E-state index is 13.2. The first-order valence-electron chi connectivity index (χ1n) is 7.06. The fourth-order valence-corrected chi connectivity index (χ4v) is 2.80. The Labute approximate surface area is 128 Å². The molecular formula is C17H17ClFNO. The zero-order valence-corrected chi connectivity index (χ0v) is 12.5. The van der Waals surface area contributed by atoms with Crippen LogP contribution in [0.25, 0.3) is 0 Å². The largest absolute Gasteiger partial charge is 0.488 e. The third-order valence-electron chi connectivity index (χ3n) is 3.76. The first-order chi connectivity index (χ1) is 10.1. The summed E-state index contributed by atoms with van der Waals surface area (Å²) in [7, 11) is 0. The highest BCUT2D eigenvalue weighted by Crippen LogP contribution is 2.29. The average molecular weight is 306 g/mol. The molecule has 0 saturated carbocycles. The quantitative estimate of drug-likeness (QED) is 0.917. The van der Waals surface area contributed by atoms with Gasteiger partial charge in [-0.05, 0) is 42.8 Å². The second kappa shape index (κ2) is 6.04. The molecule has 1 aliphatic heterocycles. The molecular weight excluding hydrogens is 289 g/mol. The van der Waals surface area contributed by atoms with Gasteiger partial charge < -0.3 is 10.1 Å². The SMILES string of the molecule is C[C@@H](NCC1Cc2cc(F)ccc2O1)c1cccc(Cl)c1. The van der Waals surface area contributed by atoms with E-state index in [1.807, 2.05) is 24.3 Å². The van der Waals surface area contributed by atoms with Crippen molar-refractivity contribution in [3.05, 3.63) is 64.4 Å². The van der Waals surface area contributed by atoms with Crippen LogP contribution in [0.5, 0.6) is 5.75 Å². The Hall–Kier alpha value is -1.58. The van der Waals surface area contributed by atoms with Crippen LogP contribution in [0.4, 0.5) is 4.39 Å². The average Bonchev–Trinajstić information content (AvgIpc) is 2.86. The highest BCUT2D eigenvalue weighted by atomic mass is 35.5. The molecule has 2 aromatic rings. The van der Waals surface area contributed by atoms with Crippen molar-refractivity contribution in [1.82, 2.24) is 5.32 Å². The fourth-order valence-electron chi connectivity index (χ4n) is 2.60. The van der Waals surface area contributed by atoms with Gasteiger partial charge in [0.2, 0.25) is 0 Å². The molecule has 1 heterocycles. The summed E-state index contributed by atoms with van der Waals surface area (Å²) in [6.07, 6.45) is 0.783. The van der Waals surface area contributed by atoms with Crippen molar-refractivity contribution in [2.45, 2.75) is 25.5 Å². The Balaban J connectivity index is 1.57. The molecule has 21 heavy (non-hydrogen) atoms. The molecule has 1 aliphatic rings. The van der Waals surface area contributed by atoms with E-state index >= 15 is 0 Å². The predicted molar refractivity (Wildman–Crippen MR) is 82.4 cm³/mol. The minimum absolute atomic E-state index is 0.0448. The standard InChI is InChI=1S/C17H17ClFNO/c1-11(12-3-2-4-14(18)7-12)20-10-16-9-13-8-15(19)5-6-17(13)21-16/h2-8,11,16,20H,9-10H2,1H3/t11-,16?/m1/s1. The first kappa shape index (κ1) is 14.4. The normalized spacial score (nSPS) is 18.1. The number of hydrogen-bond donors (Lipinski definition) is 1. The number of nitrogens with one attached hydrogen (secondary N) is 1. The molecule has 1 N–H and O–H groups in total. The van der Waals surface area contributed by atoms with Crippen molar-refractivity contribution >= 4 is 11.6 Å². The van der Waals surface area contributed by atoms with Crippen molar-refractivity contribution in [2.75, 3.05) is 6.54 Å². The van der Waals surface area contributed by atoms with Gasteiger partial charge in [-0.25, -0.2) is 4.39 Å². The number of rotatable bonds is 4. The molecule has 0 fully saturated rings. The maximum atomic E-state index is 13.2. The van der Waals surface area contributed by atoms with Gasteiger partial charge in [0.1, 0.15) is 17.7 Å². The van der Waals surface area contributed by atoms with Crippen LogP contribution in [-0.2, 0) is 6.42 Å². The molecule has 2 atom stereocenters. The third kappa shape index (κ3) is 3.36.